The van der Waals surface area contributed by atoms with Gasteiger partial charge in [0.1, 0.15) is 5.60 Å². The molecule has 0 bridgehead atoms. The van der Waals surface area contributed by atoms with E-state index in [4.69, 9.17) is 4.74 Å². The minimum atomic E-state index is -0.507. The van der Waals surface area contributed by atoms with Crippen LogP contribution in [0.5, 0.6) is 0 Å². The van der Waals surface area contributed by atoms with E-state index in [2.05, 4.69) is 10.9 Å². The molecule has 0 radical (unpaired) electrons. The molecular formula is C11H21N3O3. The molecule has 98 valence electrons. The lowest BCUT2D eigenvalue weighted by Crippen LogP contribution is -2.47. The molecule has 1 heterocycles. The SMILES string of the molecule is CC(=O)N1CCC(NNC(=O)OC(C)(C)C)C1. The zero-order valence-electron chi connectivity index (χ0n) is 10.9. The largest absolute Gasteiger partial charge is 0.443 e. The number of carbonyl (C=O) groups excluding carboxylic acids is 2. The number of hydrazine groups is 1. The third-order valence-corrected chi connectivity index (χ3v) is 2.41. The Morgan fingerprint density at radius 1 is 1.35 bits per heavy atom. The summed E-state index contributed by atoms with van der Waals surface area (Å²) in [6.45, 7) is 8.30. The highest BCUT2D eigenvalue weighted by atomic mass is 16.6. The second-order valence-corrected chi connectivity index (χ2v) is 5.22. The van der Waals surface area contributed by atoms with E-state index in [0.29, 0.717) is 6.54 Å². The van der Waals surface area contributed by atoms with Crippen LogP contribution >= 0.6 is 0 Å². The highest BCUT2D eigenvalue weighted by Crippen LogP contribution is 2.09. The molecule has 0 spiro atoms. The summed E-state index contributed by atoms with van der Waals surface area (Å²) in [5.41, 5.74) is 4.85. The fourth-order valence-corrected chi connectivity index (χ4v) is 1.63. The Morgan fingerprint density at radius 3 is 2.47 bits per heavy atom. The summed E-state index contributed by atoms with van der Waals surface area (Å²) in [6.07, 6.45) is 0.328. The van der Waals surface area contributed by atoms with Gasteiger partial charge in [-0.2, -0.15) is 0 Å². The van der Waals surface area contributed by atoms with Gasteiger partial charge in [-0.1, -0.05) is 0 Å². The average Bonchev–Trinajstić information content (AvgIpc) is 2.60. The van der Waals surface area contributed by atoms with Gasteiger partial charge >= 0.3 is 6.09 Å². The van der Waals surface area contributed by atoms with Gasteiger partial charge in [0.05, 0.1) is 0 Å². The first kappa shape index (κ1) is 13.8. The zero-order valence-corrected chi connectivity index (χ0v) is 10.9. The molecule has 1 rings (SSSR count). The molecule has 0 aromatic carbocycles. The molecule has 6 nitrogen and oxygen atoms in total. The van der Waals surface area contributed by atoms with Gasteiger partial charge in [0.15, 0.2) is 0 Å². The zero-order chi connectivity index (χ0) is 13.1. The molecular weight excluding hydrogens is 222 g/mol. The summed E-state index contributed by atoms with van der Waals surface area (Å²) >= 11 is 0. The van der Waals surface area contributed by atoms with E-state index in [-0.39, 0.29) is 11.9 Å². The number of hydrogen-bond acceptors (Lipinski definition) is 4. The van der Waals surface area contributed by atoms with Crippen molar-refractivity contribution in [3.63, 3.8) is 0 Å². The van der Waals surface area contributed by atoms with E-state index in [1.807, 2.05) is 0 Å². The predicted octanol–water partition coefficient (Wildman–Crippen LogP) is 0.636. The lowest BCUT2D eigenvalue weighted by molar-refractivity contribution is -0.127. The monoisotopic (exact) mass is 243 g/mol. The van der Waals surface area contributed by atoms with Crippen LogP contribution in [0.15, 0.2) is 0 Å². The lowest BCUT2D eigenvalue weighted by atomic mass is 10.2. The van der Waals surface area contributed by atoms with Gasteiger partial charge < -0.3 is 9.64 Å². The Hall–Kier alpha value is -1.30. The van der Waals surface area contributed by atoms with Crippen LogP contribution in [-0.2, 0) is 9.53 Å². The first-order valence-corrected chi connectivity index (χ1v) is 5.78. The van der Waals surface area contributed by atoms with Crippen LogP contribution in [0, 0.1) is 0 Å². The summed E-state index contributed by atoms with van der Waals surface area (Å²) in [5, 5.41) is 0. The van der Waals surface area contributed by atoms with Crippen molar-refractivity contribution in [2.75, 3.05) is 13.1 Å². The number of rotatable bonds is 2. The Labute approximate surface area is 102 Å². The number of likely N-dealkylation sites (tertiary alicyclic amines) is 1. The van der Waals surface area contributed by atoms with Crippen molar-refractivity contribution in [3.8, 4) is 0 Å². The van der Waals surface area contributed by atoms with E-state index < -0.39 is 11.7 Å². The molecule has 1 saturated heterocycles. The molecule has 1 unspecified atom stereocenters. The van der Waals surface area contributed by atoms with Crippen LogP contribution in [0.25, 0.3) is 0 Å². The maximum atomic E-state index is 11.4. The van der Waals surface area contributed by atoms with E-state index in [1.165, 1.54) is 0 Å². The maximum absolute atomic E-state index is 11.4. The Balaban J connectivity index is 2.24. The third kappa shape index (κ3) is 5.04. The summed E-state index contributed by atoms with van der Waals surface area (Å²) in [5.74, 6) is 0.0616. The van der Waals surface area contributed by atoms with Crippen molar-refractivity contribution in [2.45, 2.75) is 45.8 Å². The first-order chi connectivity index (χ1) is 7.78. The van der Waals surface area contributed by atoms with Crippen molar-refractivity contribution in [1.29, 1.82) is 0 Å². The van der Waals surface area contributed by atoms with E-state index in [9.17, 15) is 9.59 Å². The minimum absolute atomic E-state index is 0.0616. The van der Waals surface area contributed by atoms with Crippen molar-refractivity contribution >= 4 is 12.0 Å². The van der Waals surface area contributed by atoms with Gasteiger partial charge in [0, 0.05) is 26.1 Å². The molecule has 0 aromatic rings. The second kappa shape index (κ2) is 5.35. The Bertz CT molecular complexity index is 299. The number of carbonyl (C=O) groups is 2. The van der Waals surface area contributed by atoms with Gasteiger partial charge in [-0.25, -0.2) is 10.2 Å². The molecule has 0 aliphatic carbocycles. The number of nitrogens with one attached hydrogen (secondary N) is 2. The fraction of sp³-hybridized carbons (Fsp3) is 0.818. The van der Waals surface area contributed by atoms with E-state index in [1.54, 1.807) is 32.6 Å². The second-order valence-electron chi connectivity index (χ2n) is 5.22. The molecule has 2 N–H and O–H groups in total. The first-order valence-electron chi connectivity index (χ1n) is 5.78. The molecule has 1 atom stereocenters. The number of amides is 2. The van der Waals surface area contributed by atoms with E-state index in [0.717, 1.165) is 13.0 Å². The highest BCUT2D eigenvalue weighted by molar-refractivity contribution is 5.73. The molecule has 0 aromatic heterocycles. The molecule has 17 heavy (non-hydrogen) atoms. The lowest BCUT2D eigenvalue weighted by Gasteiger charge is -2.21. The van der Waals surface area contributed by atoms with Crippen molar-refractivity contribution in [2.24, 2.45) is 0 Å². The van der Waals surface area contributed by atoms with Crippen molar-refractivity contribution in [1.82, 2.24) is 15.8 Å². The standard InChI is InChI=1S/C11H21N3O3/c1-8(15)14-6-5-9(7-14)12-13-10(16)17-11(2,3)4/h9,12H,5-7H2,1-4H3,(H,13,16). The van der Waals surface area contributed by atoms with Crippen LogP contribution < -0.4 is 10.9 Å². The Morgan fingerprint density at radius 2 is 2.00 bits per heavy atom. The molecule has 2 amide bonds. The van der Waals surface area contributed by atoms with Crippen LogP contribution in [-0.4, -0.2) is 41.6 Å². The van der Waals surface area contributed by atoms with Gasteiger partial charge in [0.25, 0.3) is 0 Å². The van der Waals surface area contributed by atoms with Gasteiger partial charge in [-0.05, 0) is 27.2 Å². The summed E-state index contributed by atoms with van der Waals surface area (Å²) in [6, 6.07) is 0.0893. The quantitative estimate of drug-likeness (QED) is 0.698. The summed E-state index contributed by atoms with van der Waals surface area (Å²) < 4.78 is 5.08. The molecule has 6 heteroatoms. The van der Waals surface area contributed by atoms with E-state index >= 15 is 0 Å². The molecule has 0 saturated carbocycles. The molecule has 1 aliphatic heterocycles. The molecule has 1 aliphatic rings. The fourth-order valence-electron chi connectivity index (χ4n) is 1.63. The van der Waals surface area contributed by atoms with Crippen LogP contribution in [0.3, 0.4) is 0 Å². The number of hydrogen-bond donors (Lipinski definition) is 2. The Kier molecular flexibility index (Phi) is 4.34. The third-order valence-electron chi connectivity index (χ3n) is 2.41. The van der Waals surface area contributed by atoms with Crippen LogP contribution in [0.1, 0.15) is 34.1 Å². The normalized spacial score (nSPS) is 20.2. The summed E-state index contributed by atoms with van der Waals surface area (Å²) in [7, 11) is 0. The van der Waals surface area contributed by atoms with Crippen LogP contribution in [0.2, 0.25) is 0 Å². The van der Waals surface area contributed by atoms with Gasteiger partial charge in [0.2, 0.25) is 5.91 Å². The predicted molar refractivity (Wildman–Crippen MR) is 63.2 cm³/mol. The van der Waals surface area contributed by atoms with Crippen molar-refractivity contribution < 1.29 is 14.3 Å². The summed E-state index contributed by atoms with van der Waals surface area (Å²) in [4.78, 5) is 24.2. The maximum Gasteiger partial charge on any atom is 0.422 e. The average molecular weight is 243 g/mol. The van der Waals surface area contributed by atoms with Crippen molar-refractivity contribution in [3.05, 3.63) is 0 Å². The van der Waals surface area contributed by atoms with Crippen LogP contribution in [0.4, 0.5) is 4.79 Å². The topological polar surface area (TPSA) is 70.7 Å². The number of ether oxygens (including phenoxy) is 1. The van der Waals surface area contributed by atoms with Gasteiger partial charge in [-0.3, -0.25) is 10.2 Å². The smallest absolute Gasteiger partial charge is 0.422 e. The minimum Gasteiger partial charge on any atom is -0.443 e. The molecule has 1 fully saturated rings. The number of nitrogens with zero attached hydrogens (tertiary/aromatic N) is 1. The van der Waals surface area contributed by atoms with Gasteiger partial charge in [-0.15, -0.1) is 0 Å². The highest BCUT2D eigenvalue weighted by Gasteiger charge is 2.24.